The molecule has 1 fully saturated rings. The smallest absolute Gasteiger partial charge is 0.257 e. The van der Waals surface area contributed by atoms with E-state index < -0.39 is 10.0 Å². The van der Waals surface area contributed by atoms with E-state index in [2.05, 4.69) is 16.2 Å². The minimum atomic E-state index is -3.47. The molecule has 1 aromatic carbocycles. The molecule has 3 atom stereocenters. The molecule has 4 rings (SSSR count). The van der Waals surface area contributed by atoms with Crippen LogP contribution in [-0.4, -0.2) is 59.5 Å². The van der Waals surface area contributed by atoms with Crippen molar-refractivity contribution in [3.63, 3.8) is 0 Å². The van der Waals surface area contributed by atoms with Crippen molar-refractivity contribution in [2.75, 3.05) is 19.4 Å². The lowest BCUT2D eigenvalue weighted by molar-refractivity contribution is 0.237. The van der Waals surface area contributed by atoms with Crippen molar-refractivity contribution in [2.45, 2.75) is 44.8 Å². The first-order valence-corrected chi connectivity index (χ1v) is 13.1. The Labute approximate surface area is 199 Å². The Hall–Kier alpha value is -3.00. The fraction of sp³-hybridized carbons (Fsp3) is 0.458. The lowest BCUT2D eigenvalue weighted by Crippen LogP contribution is -2.41. The molecule has 9 nitrogen and oxygen atoms in total. The summed E-state index contributed by atoms with van der Waals surface area (Å²) in [5.41, 5.74) is 2.01. The van der Waals surface area contributed by atoms with Gasteiger partial charge in [-0.15, -0.1) is 0 Å². The second kappa shape index (κ2) is 9.70. The molecule has 1 aromatic heterocycles. The summed E-state index contributed by atoms with van der Waals surface area (Å²) in [5, 5.41) is 23.1. The van der Waals surface area contributed by atoms with Gasteiger partial charge in [-0.2, -0.15) is 14.6 Å². The van der Waals surface area contributed by atoms with Crippen LogP contribution in [0.1, 0.15) is 44.0 Å². The first kappa shape index (κ1) is 24.1. The van der Waals surface area contributed by atoms with Crippen molar-refractivity contribution in [1.82, 2.24) is 14.4 Å². The summed E-state index contributed by atoms with van der Waals surface area (Å²) in [5.74, 6) is 1.20. The second-order valence-corrected chi connectivity index (χ2v) is 10.8. The number of benzene rings is 1. The van der Waals surface area contributed by atoms with Crippen LogP contribution >= 0.6 is 0 Å². The molecular weight excluding hydrogens is 456 g/mol. The number of aliphatic hydroxyl groups excluding tert-OH is 1. The third-order valence-corrected chi connectivity index (χ3v) is 7.44. The highest BCUT2D eigenvalue weighted by Gasteiger charge is 2.42. The zero-order chi connectivity index (χ0) is 24.5. The van der Waals surface area contributed by atoms with Gasteiger partial charge in [-0.25, -0.2) is 8.42 Å². The molecule has 3 unspecified atom stereocenters. The van der Waals surface area contributed by atoms with E-state index in [0.29, 0.717) is 35.0 Å². The lowest BCUT2D eigenvalue weighted by Gasteiger charge is -2.30. The van der Waals surface area contributed by atoms with Crippen LogP contribution in [-0.2, 0) is 10.0 Å². The van der Waals surface area contributed by atoms with Crippen molar-refractivity contribution >= 4 is 10.0 Å². The number of aliphatic hydroxyl groups is 1. The molecule has 0 saturated heterocycles. The van der Waals surface area contributed by atoms with E-state index in [9.17, 15) is 18.8 Å². The molecular formula is C24H28N4O5S. The maximum absolute atomic E-state index is 12.3. The fourth-order valence-corrected chi connectivity index (χ4v) is 5.88. The van der Waals surface area contributed by atoms with Gasteiger partial charge >= 0.3 is 0 Å². The molecule has 0 aliphatic heterocycles. The van der Waals surface area contributed by atoms with Gasteiger partial charge in [0.2, 0.25) is 10.0 Å². The summed E-state index contributed by atoms with van der Waals surface area (Å²) in [4.78, 5) is 4.61. The van der Waals surface area contributed by atoms with Gasteiger partial charge < -0.3 is 14.4 Å². The Kier molecular flexibility index (Phi) is 6.89. The van der Waals surface area contributed by atoms with Crippen molar-refractivity contribution in [2.24, 2.45) is 5.92 Å². The van der Waals surface area contributed by atoms with Gasteiger partial charge in [0.15, 0.2) is 5.82 Å². The maximum atomic E-state index is 12.3. The standard InChI is InChI=1S/C24H28N4O5S/c1-15(2)32-22-10-7-16(13-17(22)14-25)24-26-23(27-33-24)20-6-4-5-19-18(20)8-9-21(19)28(11-12-29)34(3,30)31/h4-7,10,13,15,18,20-21,29H,8-9,11-12H2,1-3H3. The molecule has 0 spiro atoms. The van der Waals surface area contributed by atoms with Crippen LogP contribution in [0.3, 0.4) is 0 Å². The average molecular weight is 485 g/mol. The highest BCUT2D eigenvalue weighted by atomic mass is 32.2. The van der Waals surface area contributed by atoms with E-state index in [1.54, 1.807) is 18.2 Å². The number of ether oxygens (including phenoxy) is 1. The quantitative estimate of drug-likeness (QED) is 0.605. The third kappa shape index (κ3) is 4.78. The first-order valence-electron chi connectivity index (χ1n) is 11.2. The van der Waals surface area contributed by atoms with Gasteiger partial charge in [-0.05, 0) is 56.4 Å². The Morgan fingerprint density at radius 2 is 2.15 bits per heavy atom. The molecule has 2 aromatic rings. The zero-order valence-corrected chi connectivity index (χ0v) is 20.2. The van der Waals surface area contributed by atoms with Crippen LogP contribution in [0.4, 0.5) is 0 Å². The van der Waals surface area contributed by atoms with Crippen LogP contribution in [0.25, 0.3) is 11.5 Å². The molecule has 1 N–H and O–H groups in total. The fourth-order valence-electron chi connectivity index (χ4n) is 4.78. The van der Waals surface area contributed by atoms with Gasteiger partial charge in [-0.3, -0.25) is 0 Å². The molecule has 180 valence electrons. The molecule has 0 amide bonds. The molecule has 1 saturated carbocycles. The zero-order valence-electron chi connectivity index (χ0n) is 19.4. The van der Waals surface area contributed by atoms with E-state index in [1.807, 2.05) is 32.1 Å². The Balaban J connectivity index is 1.58. The van der Waals surface area contributed by atoms with Crippen molar-refractivity contribution in [3.8, 4) is 23.3 Å². The molecule has 2 aliphatic carbocycles. The number of rotatable bonds is 8. The Morgan fingerprint density at radius 3 is 2.82 bits per heavy atom. The van der Waals surface area contributed by atoms with Crippen LogP contribution < -0.4 is 4.74 Å². The molecule has 1 heterocycles. The Bertz CT molecular complexity index is 1260. The number of nitriles is 1. The molecule has 2 aliphatic rings. The van der Waals surface area contributed by atoms with E-state index >= 15 is 0 Å². The number of allylic oxidation sites excluding steroid dienone is 3. The highest BCUT2D eigenvalue weighted by molar-refractivity contribution is 7.88. The van der Waals surface area contributed by atoms with Crippen LogP contribution in [0.15, 0.2) is 46.5 Å². The summed E-state index contributed by atoms with van der Waals surface area (Å²) >= 11 is 0. The number of hydrogen-bond acceptors (Lipinski definition) is 8. The predicted octanol–water partition coefficient (Wildman–Crippen LogP) is 3.01. The normalized spacial score (nSPS) is 22.0. The van der Waals surface area contributed by atoms with Gasteiger partial charge in [0.25, 0.3) is 5.89 Å². The van der Waals surface area contributed by atoms with Gasteiger partial charge in [0.1, 0.15) is 11.8 Å². The van der Waals surface area contributed by atoms with Gasteiger partial charge in [0, 0.05) is 24.1 Å². The first-order chi connectivity index (χ1) is 16.2. The van der Waals surface area contributed by atoms with E-state index in [0.717, 1.165) is 12.0 Å². The second-order valence-electron chi connectivity index (χ2n) is 8.82. The van der Waals surface area contributed by atoms with Crippen molar-refractivity contribution in [1.29, 1.82) is 5.26 Å². The monoisotopic (exact) mass is 484 g/mol. The van der Waals surface area contributed by atoms with Gasteiger partial charge in [-0.1, -0.05) is 23.4 Å². The van der Waals surface area contributed by atoms with Crippen LogP contribution in [0, 0.1) is 17.2 Å². The SMILES string of the molecule is CC(C)Oc1ccc(-c2nc(C3C=CC=C4C3CCC4N(CCO)S(C)(=O)=O)no2)cc1C#N. The molecule has 0 bridgehead atoms. The number of fused-ring (bicyclic) bond motifs is 1. The average Bonchev–Trinajstić information content (AvgIpc) is 3.44. The van der Waals surface area contributed by atoms with Gasteiger partial charge in [0.05, 0.1) is 24.5 Å². The van der Waals surface area contributed by atoms with E-state index in [1.165, 1.54) is 10.6 Å². The summed E-state index contributed by atoms with van der Waals surface area (Å²) in [6, 6.07) is 7.02. The summed E-state index contributed by atoms with van der Waals surface area (Å²) in [6.45, 7) is 3.62. The minimum Gasteiger partial charge on any atom is -0.490 e. The summed E-state index contributed by atoms with van der Waals surface area (Å²) < 4.78 is 37.2. The van der Waals surface area contributed by atoms with Crippen LogP contribution in [0.5, 0.6) is 5.75 Å². The van der Waals surface area contributed by atoms with E-state index in [-0.39, 0.29) is 37.1 Å². The molecule has 0 radical (unpaired) electrons. The number of nitrogens with zero attached hydrogens (tertiary/aromatic N) is 4. The minimum absolute atomic E-state index is 0.0416. The highest BCUT2D eigenvalue weighted by Crippen LogP contribution is 2.46. The Morgan fingerprint density at radius 1 is 1.35 bits per heavy atom. The topological polar surface area (TPSA) is 130 Å². The van der Waals surface area contributed by atoms with E-state index in [4.69, 9.17) is 9.26 Å². The number of hydrogen-bond donors (Lipinski definition) is 1. The number of aromatic nitrogens is 2. The van der Waals surface area contributed by atoms with Crippen molar-refractivity contribution < 1.29 is 22.8 Å². The predicted molar refractivity (Wildman–Crippen MR) is 125 cm³/mol. The molecule has 34 heavy (non-hydrogen) atoms. The third-order valence-electron chi connectivity index (χ3n) is 6.15. The molecule has 10 heteroatoms. The van der Waals surface area contributed by atoms with Crippen molar-refractivity contribution in [3.05, 3.63) is 53.4 Å². The summed E-state index contributed by atoms with van der Waals surface area (Å²) in [7, 11) is -3.47. The maximum Gasteiger partial charge on any atom is 0.257 e. The largest absolute Gasteiger partial charge is 0.490 e. The summed E-state index contributed by atoms with van der Waals surface area (Å²) in [6.07, 6.45) is 8.41. The lowest BCUT2D eigenvalue weighted by atomic mass is 9.83. The van der Waals surface area contributed by atoms with Crippen LogP contribution in [0.2, 0.25) is 0 Å². The number of sulfonamides is 1.